The Hall–Kier alpha value is -2.08. The number of rotatable bonds is 4. The second-order valence-electron chi connectivity index (χ2n) is 3.92. The molecule has 6 nitrogen and oxygen atoms in total. The van der Waals surface area contributed by atoms with Gasteiger partial charge in [-0.05, 0) is 29.7 Å². The van der Waals surface area contributed by atoms with Crippen molar-refractivity contribution in [1.29, 1.82) is 0 Å². The third-order valence-corrected chi connectivity index (χ3v) is 2.84. The molecular formula is C12H11ClN4O2. The van der Waals surface area contributed by atoms with E-state index in [0.717, 1.165) is 18.2 Å². The molecule has 2 aromatic heterocycles. The zero-order chi connectivity index (χ0) is 13.8. The Morgan fingerprint density at radius 1 is 1.32 bits per heavy atom. The second-order valence-corrected chi connectivity index (χ2v) is 4.25. The largest absolute Gasteiger partial charge is 0.309 e. The smallest absolute Gasteiger partial charge is 0.261 e. The first-order valence-electron chi connectivity index (χ1n) is 5.69. The van der Waals surface area contributed by atoms with Gasteiger partial charge in [0.25, 0.3) is 0 Å². The minimum absolute atomic E-state index is 0.00854. The number of halogens is 1. The molecule has 0 spiro atoms. The van der Waals surface area contributed by atoms with Gasteiger partial charge < -0.3 is 0 Å². The predicted octanol–water partition coefficient (Wildman–Crippen LogP) is 2.59. The first kappa shape index (κ1) is 13.4. The molecule has 19 heavy (non-hydrogen) atoms. The molecule has 2 rings (SSSR count). The summed E-state index contributed by atoms with van der Waals surface area (Å²) in [6, 6.07) is 3.77. The SMILES string of the molecule is CCc1ccc(Cc2nc(Cl)ncc2[N+](=O)[O-])nc1. The molecule has 2 aromatic rings. The number of nitro groups is 1. The second kappa shape index (κ2) is 5.71. The first-order valence-corrected chi connectivity index (χ1v) is 6.07. The van der Waals surface area contributed by atoms with Crippen molar-refractivity contribution in [2.75, 3.05) is 0 Å². The van der Waals surface area contributed by atoms with Crippen LogP contribution in [-0.4, -0.2) is 19.9 Å². The van der Waals surface area contributed by atoms with Gasteiger partial charge in [0.2, 0.25) is 5.28 Å². The summed E-state index contributed by atoms with van der Waals surface area (Å²) in [5.74, 6) is 0. The Kier molecular flexibility index (Phi) is 4.01. The maximum Gasteiger partial charge on any atom is 0.309 e. The molecule has 2 heterocycles. The molecule has 0 bridgehead atoms. The normalized spacial score (nSPS) is 10.4. The molecule has 0 aliphatic rings. The Morgan fingerprint density at radius 3 is 2.68 bits per heavy atom. The van der Waals surface area contributed by atoms with Crippen molar-refractivity contribution in [3.63, 3.8) is 0 Å². The molecule has 0 unspecified atom stereocenters. The Balaban J connectivity index is 2.31. The van der Waals surface area contributed by atoms with E-state index in [-0.39, 0.29) is 23.1 Å². The van der Waals surface area contributed by atoms with Crippen molar-refractivity contribution in [1.82, 2.24) is 15.0 Å². The molecule has 0 aromatic carbocycles. The number of aryl methyl sites for hydroxylation is 1. The van der Waals surface area contributed by atoms with Crippen LogP contribution < -0.4 is 0 Å². The van der Waals surface area contributed by atoms with Crippen LogP contribution in [0.1, 0.15) is 23.9 Å². The van der Waals surface area contributed by atoms with E-state index < -0.39 is 4.92 Å². The lowest BCUT2D eigenvalue weighted by Crippen LogP contribution is -2.02. The van der Waals surface area contributed by atoms with E-state index >= 15 is 0 Å². The fourth-order valence-corrected chi connectivity index (χ4v) is 1.76. The fraction of sp³-hybridized carbons (Fsp3) is 0.250. The molecule has 0 atom stereocenters. The predicted molar refractivity (Wildman–Crippen MR) is 70.1 cm³/mol. The third kappa shape index (κ3) is 3.23. The summed E-state index contributed by atoms with van der Waals surface area (Å²) < 4.78 is 0. The van der Waals surface area contributed by atoms with Gasteiger partial charge in [0.05, 0.1) is 4.92 Å². The molecule has 0 amide bonds. The van der Waals surface area contributed by atoms with Crippen molar-refractivity contribution in [3.8, 4) is 0 Å². The topological polar surface area (TPSA) is 81.8 Å². The van der Waals surface area contributed by atoms with E-state index in [0.29, 0.717) is 5.69 Å². The molecule has 0 saturated carbocycles. The molecule has 98 valence electrons. The van der Waals surface area contributed by atoms with Crippen molar-refractivity contribution in [2.45, 2.75) is 19.8 Å². The first-order chi connectivity index (χ1) is 9.10. The Bertz CT molecular complexity index is 601. The number of pyridine rings is 1. The van der Waals surface area contributed by atoms with Gasteiger partial charge in [-0.3, -0.25) is 15.1 Å². The van der Waals surface area contributed by atoms with Crippen LogP contribution in [0.4, 0.5) is 5.69 Å². The number of hydrogen-bond acceptors (Lipinski definition) is 5. The van der Waals surface area contributed by atoms with Gasteiger partial charge >= 0.3 is 5.69 Å². The number of aromatic nitrogens is 3. The van der Waals surface area contributed by atoms with Crippen LogP contribution >= 0.6 is 11.6 Å². The molecule has 0 radical (unpaired) electrons. The van der Waals surface area contributed by atoms with Gasteiger partial charge in [-0.25, -0.2) is 9.97 Å². The van der Waals surface area contributed by atoms with Gasteiger partial charge in [-0.1, -0.05) is 13.0 Å². The molecule has 7 heteroatoms. The van der Waals surface area contributed by atoms with Crippen molar-refractivity contribution >= 4 is 17.3 Å². The van der Waals surface area contributed by atoms with E-state index in [1.807, 2.05) is 19.1 Å². The summed E-state index contributed by atoms with van der Waals surface area (Å²) in [6.07, 6.45) is 4.02. The highest BCUT2D eigenvalue weighted by atomic mass is 35.5. The van der Waals surface area contributed by atoms with Gasteiger partial charge in [0.1, 0.15) is 11.9 Å². The maximum atomic E-state index is 10.9. The van der Waals surface area contributed by atoms with E-state index in [2.05, 4.69) is 15.0 Å². The average molecular weight is 279 g/mol. The fourth-order valence-electron chi connectivity index (χ4n) is 1.61. The summed E-state index contributed by atoms with van der Waals surface area (Å²) in [7, 11) is 0. The van der Waals surface area contributed by atoms with Crippen LogP contribution in [0.15, 0.2) is 24.5 Å². The van der Waals surface area contributed by atoms with Crippen molar-refractivity contribution < 1.29 is 4.92 Å². The van der Waals surface area contributed by atoms with Gasteiger partial charge in [0, 0.05) is 18.3 Å². The molecule has 0 aliphatic carbocycles. The summed E-state index contributed by atoms with van der Waals surface area (Å²) in [4.78, 5) is 22.1. The third-order valence-electron chi connectivity index (χ3n) is 2.66. The van der Waals surface area contributed by atoms with Crippen LogP contribution in [0, 0.1) is 10.1 Å². The lowest BCUT2D eigenvalue weighted by atomic mass is 10.1. The van der Waals surface area contributed by atoms with Crippen LogP contribution in [0.5, 0.6) is 0 Å². The van der Waals surface area contributed by atoms with Crippen molar-refractivity contribution in [2.24, 2.45) is 0 Å². The monoisotopic (exact) mass is 278 g/mol. The minimum Gasteiger partial charge on any atom is -0.261 e. The standard InChI is InChI=1S/C12H11ClN4O2/c1-2-8-3-4-9(14-6-8)5-10-11(17(18)19)7-15-12(13)16-10/h3-4,6-7H,2,5H2,1H3. The van der Waals surface area contributed by atoms with Crippen LogP contribution in [0.25, 0.3) is 0 Å². The zero-order valence-corrected chi connectivity index (χ0v) is 11.0. The quantitative estimate of drug-likeness (QED) is 0.488. The molecule has 0 aliphatic heterocycles. The number of nitrogens with zero attached hydrogens (tertiary/aromatic N) is 4. The summed E-state index contributed by atoms with van der Waals surface area (Å²) in [5, 5.41) is 10.9. The van der Waals surface area contributed by atoms with E-state index in [4.69, 9.17) is 11.6 Å². The van der Waals surface area contributed by atoms with E-state index in [9.17, 15) is 10.1 Å². The zero-order valence-electron chi connectivity index (χ0n) is 10.2. The molecule has 0 fully saturated rings. The average Bonchev–Trinajstić information content (AvgIpc) is 2.39. The number of hydrogen-bond donors (Lipinski definition) is 0. The van der Waals surface area contributed by atoms with Gasteiger partial charge in [0.15, 0.2) is 0 Å². The lowest BCUT2D eigenvalue weighted by molar-refractivity contribution is -0.386. The Morgan fingerprint density at radius 2 is 2.11 bits per heavy atom. The van der Waals surface area contributed by atoms with Gasteiger partial charge in [-0.15, -0.1) is 0 Å². The highest BCUT2D eigenvalue weighted by Gasteiger charge is 2.17. The van der Waals surface area contributed by atoms with Crippen LogP contribution in [-0.2, 0) is 12.8 Å². The summed E-state index contributed by atoms with van der Waals surface area (Å²) in [5.41, 5.74) is 1.93. The van der Waals surface area contributed by atoms with Crippen molar-refractivity contribution in [3.05, 3.63) is 56.9 Å². The summed E-state index contributed by atoms with van der Waals surface area (Å²) in [6.45, 7) is 2.03. The summed E-state index contributed by atoms with van der Waals surface area (Å²) >= 11 is 5.67. The lowest BCUT2D eigenvalue weighted by Gasteiger charge is -2.03. The molecule has 0 N–H and O–H groups in total. The molecule has 0 saturated heterocycles. The van der Waals surface area contributed by atoms with Crippen LogP contribution in [0.2, 0.25) is 5.28 Å². The van der Waals surface area contributed by atoms with E-state index in [1.54, 1.807) is 6.20 Å². The molecular weight excluding hydrogens is 268 g/mol. The maximum absolute atomic E-state index is 10.9. The Labute approximate surface area is 114 Å². The van der Waals surface area contributed by atoms with E-state index in [1.165, 1.54) is 0 Å². The minimum atomic E-state index is -0.522. The highest BCUT2D eigenvalue weighted by Crippen LogP contribution is 2.19. The highest BCUT2D eigenvalue weighted by molar-refractivity contribution is 6.28. The van der Waals surface area contributed by atoms with Crippen LogP contribution in [0.3, 0.4) is 0 Å². The van der Waals surface area contributed by atoms with Gasteiger partial charge in [-0.2, -0.15) is 0 Å².